The average molecular weight is 272 g/mol. The molecule has 0 saturated heterocycles. The summed E-state index contributed by atoms with van der Waals surface area (Å²) in [6.07, 6.45) is 3.33. The molecule has 20 heavy (non-hydrogen) atoms. The summed E-state index contributed by atoms with van der Waals surface area (Å²) in [5.74, 6) is 0. The molecule has 0 unspecified atom stereocenters. The molecule has 2 amide bonds. The number of hydrogen-bond acceptors (Lipinski definition) is 3. The van der Waals surface area contributed by atoms with E-state index in [0.29, 0.717) is 13.1 Å². The molecule has 0 aliphatic heterocycles. The number of fused-ring (bicyclic) bond motifs is 1. The van der Waals surface area contributed by atoms with Gasteiger partial charge in [-0.1, -0.05) is 26.8 Å². The lowest BCUT2D eigenvalue weighted by Gasteiger charge is -2.18. The van der Waals surface area contributed by atoms with Crippen molar-refractivity contribution >= 4 is 17.1 Å². The van der Waals surface area contributed by atoms with Gasteiger partial charge in [-0.15, -0.1) is 0 Å². The first-order chi connectivity index (χ1) is 9.44. The lowest BCUT2D eigenvalue weighted by Crippen LogP contribution is -2.39. The number of benzene rings is 1. The molecule has 0 fully saturated rings. The summed E-state index contributed by atoms with van der Waals surface area (Å²) >= 11 is 0. The number of aromatic nitrogens is 2. The molecule has 0 radical (unpaired) electrons. The fraction of sp³-hybridized carbons (Fsp3) is 0.400. The van der Waals surface area contributed by atoms with Crippen LogP contribution in [0, 0.1) is 5.41 Å². The van der Waals surface area contributed by atoms with Crippen LogP contribution in [0.15, 0.2) is 30.6 Å². The Morgan fingerprint density at radius 2 is 1.80 bits per heavy atom. The van der Waals surface area contributed by atoms with E-state index >= 15 is 0 Å². The maximum Gasteiger partial charge on any atom is 0.315 e. The van der Waals surface area contributed by atoms with Crippen LogP contribution >= 0.6 is 0 Å². The van der Waals surface area contributed by atoms with E-state index in [-0.39, 0.29) is 11.4 Å². The fourth-order valence-corrected chi connectivity index (χ4v) is 1.71. The number of nitrogens with zero attached hydrogens (tertiary/aromatic N) is 2. The Labute approximate surface area is 118 Å². The highest BCUT2D eigenvalue weighted by Gasteiger charge is 2.11. The predicted octanol–water partition coefficient (Wildman–Crippen LogP) is 2.48. The Hall–Kier alpha value is -2.17. The molecule has 1 aromatic carbocycles. The van der Waals surface area contributed by atoms with E-state index in [1.807, 2.05) is 18.2 Å². The first kappa shape index (κ1) is 14.2. The predicted molar refractivity (Wildman–Crippen MR) is 79.2 cm³/mol. The van der Waals surface area contributed by atoms with E-state index in [1.54, 1.807) is 12.4 Å². The van der Waals surface area contributed by atoms with Crippen molar-refractivity contribution in [3.63, 3.8) is 0 Å². The number of carbonyl (C=O) groups excluding carboxylic acids is 1. The van der Waals surface area contributed by atoms with Crippen LogP contribution in [0.1, 0.15) is 26.3 Å². The third-order valence-corrected chi connectivity index (χ3v) is 2.77. The summed E-state index contributed by atoms with van der Waals surface area (Å²) in [6.45, 7) is 7.35. The highest BCUT2D eigenvalue weighted by atomic mass is 16.2. The standard InChI is InChI=1S/C15H20N4O/c1-15(2,3)10-19-14(20)18-9-11-4-5-12-13(8-11)17-7-6-16-12/h4-8H,9-10H2,1-3H3,(H2,18,19,20). The summed E-state index contributed by atoms with van der Waals surface area (Å²) in [7, 11) is 0. The van der Waals surface area contributed by atoms with Crippen LogP contribution in [0.2, 0.25) is 0 Å². The summed E-state index contributed by atoms with van der Waals surface area (Å²) in [4.78, 5) is 20.1. The first-order valence-electron chi connectivity index (χ1n) is 6.65. The second kappa shape index (κ2) is 5.86. The number of hydrogen-bond donors (Lipinski definition) is 2. The molecule has 0 spiro atoms. The smallest absolute Gasteiger partial charge is 0.315 e. The number of nitrogens with one attached hydrogen (secondary N) is 2. The van der Waals surface area contributed by atoms with Crippen molar-refractivity contribution < 1.29 is 4.79 Å². The normalized spacial score (nSPS) is 11.3. The van der Waals surface area contributed by atoms with Crippen molar-refractivity contribution in [3.05, 3.63) is 36.2 Å². The molecule has 106 valence electrons. The number of carbonyl (C=O) groups is 1. The van der Waals surface area contributed by atoms with Gasteiger partial charge in [0.1, 0.15) is 0 Å². The first-order valence-corrected chi connectivity index (χ1v) is 6.65. The van der Waals surface area contributed by atoms with Gasteiger partial charge < -0.3 is 10.6 Å². The van der Waals surface area contributed by atoms with Gasteiger partial charge in [0.15, 0.2) is 0 Å². The highest BCUT2D eigenvalue weighted by Crippen LogP contribution is 2.11. The Morgan fingerprint density at radius 3 is 2.50 bits per heavy atom. The van der Waals surface area contributed by atoms with Gasteiger partial charge in [-0.3, -0.25) is 9.97 Å². The van der Waals surface area contributed by atoms with Gasteiger partial charge in [-0.05, 0) is 23.1 Å². The van der Waals surface area contributed by atoms with Gasteiger partial charge in [-0.25, -0.2) is 4.79 Å². The van der Waals surface area contributed by atoms with Crippen molar-refractivity contribution in [1.29, 1.82) is 0 Å². The fourth-order valence-electron chi connectivity index (χ4n) is 1.71. The molecule has 5 nitrogen and oxygen atoms in total. The topological polar surface area (TPSA) is 66.9 Å². The van der Waals surface area contributed by atoms with Crippen LogP contribution in [0.25, 0.3) is 11.0 Å². The van der Waals surface area contributed by atoms with Crippen LogP contribution in [0.4, 0.5) is 4.79 Å². The zero-order chi connectivity index (χ0) is 14.6. The van der Waals surface area contributed by atoms with Gasteiger partial charge in [0.05, 0.1) is 11.0 Å². The van der Waals surface area contributed by atoms with Crippen LogP contribution < -0.4 is 10.6 Å². The monoisotopic (exact) mass is 272 g/mol. The van der Waals surface area contributed by atoms with Crippen molar-refractivity contribution in [2.24, 2.45) is 5.41 Å². The largest absolute Gasteiger partial charge is 0.338 e. The van der Waals surface area contributed by atoms with Crippen LogP contribution in [-0.4, -0.2) is 22.5 Å². The second-order valence-electron chi connectivity index (χ2n) is 5.98. The quantitative estimate of drug-likeness (QED) is 0.902. The molecule has 0 saturated carbocycles. The van der Waals surface area contributed by atoms with Crippen LogP contribution in [0.5, 0.6) is 0 Å². The van der Waals surface area contributed by atoms with E-state index in [0.717, 1.165) is 16.6 Å². The van der Waals surface area contributed by atoms with Gasteiger partial charge in [-0.2, -0.15) is 0 Å². The summed E-state index contributed by atoms with van der Waals surface area (Å²) in [6, 6.07) is 5.64. The molecule has 1 aromatic heterocycles. The van der Waals surface area contributed by atoms with E-state index < -0.39 is 0 Å². The van der Waals surface area contributed by atoms with E-state index in [4.69, 9.17) is 0 Å². The van der Waals surface area contributed by atoms with E-state index in [2.05, 4.69) is 41.4 Å². The summed E-state index contributed by atoms with van der Waals surface area (Å²) in [5, 5.41) is 5.69. The van der Waals surface area contributed by atoms with Crippen LogP contribution in [0.3, 0.4) is 0 Å². The van der Waals surface area contributed by atoms with Crippen molar-refractivity contribution in [2.45, 2.75) is 27.3 Å². The second-order valence-corrected chi connectivity index (χ2v) is 5.98. The molecular weight excluding hydrogens is 252 g/mol. The molecule has 1 heterocycles. The zero-order valence-electron chi connectivity index (χ0n) is 12.1. The molecule has 2 N–H and O–H groups in total. The third-order valence-electron chi connectivity index (χ3n) is 2.77. The summed E-state index contributed by atoms with van der Waals surface area (Å²) in [5.41, 5.74) is 2.77. The molecule has 2 aromatic rings. The SMILES string of the molecule is CC(C)(C)CNC(=O)NCc1ccc2nccnc2c1. The van der Waals surface area contributed by atoms with Gasteiger partial charge in [0, 0.05) is 25.5 Å². The molecule has 0 aliphatic carbocycles. The molecule has 5 heteroatoms. The zero-order valence-corrected chi connectivity index (χ0v) is 12.1. The highest BCUT2D eigenvalue weighted by molar-refractivity contribution is 5.76. The molecule has 0 bridgehead atoms. The van der Waals surface area contributed by atoms with Gasteiger partial charge >= 0.3 is 6.03 Å². The lowest BCUT2D eigenvalue weighted by atomic mass is 9.97. The number of urea groups is 1. The Morgan fingerprint density at radius 1 is 1.10 bits per heavy atom. The maximum absolute atomic E-state index is 11.7. The number of rotatable bonds is 3. The summed E-state index contributed by atoms with van der Waals surface area (Å²) < 4.78 is 0. The van der Waals surface area contributed by atoms with E-state index in [1.165, 1.54) is 0 Å². The molecule has 2 rings (SSSR count). The van der Waals surface area contributed by atoms with Crippen molar-refractivity contribution in [3.8, 4) is 0 Å². The van der Waals surface area contributed by atoms with Crippen molar-refractivity contribution in [1.82, 2.24) is 20.6 Å². The number of amides is 2. The average Bonchev–Trinajstić information content (AvgIpc) is 2.42. The van der Waals surface area contributed by atoms with Crippen molar-refractivity contribution in [2.75, 3.05) is 6.54 Å². The van der Waals surface area contributed by atoms with Gasteiger partial charge in [0.2, 0.25) is 0 Å². The van der Waals surface area contributed by atoms with Gasteiger partial charge in [0.25, 0.3) is 0 Å². The Bertz CT molecular complexity index is 604. The van der Waals surface area contributed by atoms with E-state index in [9.17, 15) is 4.79 Å². The molecule has 0 aliphatic rings. The minimum Gasteiger partial charge on any atom is -0.338 e. The Kier molecular flexibility index (Phi) is 4.17. The Balaban J connectivity index is 1.90. The lowest BCUT2D eigenvalue weighted by molar-refractivity contribution is 0.235. The molecule has 0 atom stereocenters. The maximum atomic E-state index is 11.7. The third kappa shape index (κ3) is 4.19. The van der Waals surface area contributed by atoms with Crippen LogP contribution in [-0.2, 0) is 6.54 Å². The molecular formula is C15H20N4O. The minimum absolute atomic E-state index is 0.0792. The minimum atomic E-state index is -0.154.